The van der Waals surface area contributed by atoms with E-state index in [0.717, 1.165) is 17.1 Å². The lowest BCUT2D eigenvalue weighted by Crippen LogP contribution is -2.23. The van der Waals surface area contributed by atoms with Crippen LogP contribution in [0, 0.1) is 19.3 Å². The Hall–Kier alpha value is -0.970. The van der Waals surface area contributed by atoms with Crippen LogP contribution in [0.1, 0.15) is 18.1 Å². The smallest absolute Gasteiger partial charge is 0.0660 e. The van der Waals surface area contributed by atoms with Crippen LogP contribution in [-0.2, 0) is 6.54 Å². The normalized spacial score (nSPS) is 12.1. The lowest BCUT2D eigenvalue weighted by molar-refractivity contribution is 0.648. The Kier molecular flexibility index (Phi) is 4.00. The third-order valence-corrected chi connectivity index (χ3v) is 2.51. The summed E-state index contributed by atoms with van der Waals surface area (Å²) in [4.78, 5) is 0. The summed E-state index contributed by atoms with van der Waals surface area (Å²) in [5.74, 6) is 2.62. The Bertz CT molecular complexity index is 352. The van der Waals surface area contributed by atoms with Crippen molar-refractivity contribution in [1.29, 1.82) is 0 Å². The van der Waals surface area contributed by atoms with Gasteiger partial charge in [-0.2, -0.15) is 0 Å². The maximum absolute atomic E-state index is 5.92. The molecule has 0 spiro atoms. The van der Waals surface area contributed by atoms with Gasteiger partial charge >= 0.3 is 0 Å². The lowest BCUT2D eigenvalue weighted by atomic mass is 10.1. The molecule has 14 heavy (non-hydrogen) atoms. The minimum Gasteiger partial charge on any atom is -0.300 e. The van der Waals surface area contributed by atoms with Crippen LogP contribution in [0.15, 0.2) is 18.2 Å². The number of terminal acetylenes is 1. The van der Waals surface area contributed by atoms with Crippen molar-refractivity contribution in [2.24, 2.45) is 0 Å². The van der Waals surface area contributed by atoms with Crippen LogP contribution < -0.4 is 5.32 Å². The van der Waals surface area contributed by atoms with Crippen molar-refractivity contribution in [1.82, 2.24) is 5.32 Å². The van der Waals surface area contributed by atoms with Crippen molar-refractivity contribution in [2.75, 3.05) is 0 Å². The van der Waals surface area contributed by atoms with Gasteiger partial charge in [0.15, 0.2) is 0 Å². The number of hydrogen-bond acceptors (Lipinski definition) is 1. The molecule has 0 saturated heterocycles. The molecular formula is C12H14ClN. The number of aryl methyl sites for hydroxylation is 1. The summed E-state index contributed by atoms with van der Waals surface area (Å²) in [5.41, 5.74) is 2.30. The number of hydrogen-bond donors (Lipinski definition) is 1. The fraction of sp³-hybridized carbons (Fsp3) is 0.333. The van der Waals surface area contributed by atoms with Crippen molar-refractivity contribution in [3.63, 3.8) is 0 Å². The largest absolute Gasteiger partial charge is 0.300 e. The summed E-state index contributed by atoms with van der Waals surface area (Å²) >= 11 is 5.92. The highest BCUT2D eigenvalue weighted by Crippen LogP contribution is 2.16. The van der Waals surface area contributed by atoms with E-state index in [4.69, 9.17) is 18.0 Å². The van der Waals surface area contributed by atoms with Crippen molar-refractivity contribution < 1.29 is 0 Å². The second kappa shape index (κ2) is 5.05. The molecule has 1 aromatic carbocycles. The molecule has 0 aliphatic heterocycles. The highest BCUT2D eigenvalue weighted by Gasteiger charge is 1.99. The van der Waals surface area contributed by atoms with Gasteiger partial charge in [-0.15, -0.1) is 6.42 Å². The van der Waals surface area contributed by atoms with Crippen LogP contribution in [0.5, 0.6) is 0 Å². The van der Waals surface area contributed by atoms with Crippen LogP contribution in [-0.4, -0.2) is 6.04 Å². The Balaban J connectivity index is 2.61. The van der Waals surface area contributed by atoms with Gasteiger partial charge in [0, 0.05) is 11.6 Å². The van der Waals surface area contributed by atoms with Gasteiger partial charge in [0.1, 0.15) is 0 Å². The topological polar surface area (TPSA) is 12.0 Å². The second-order valence-electron chi connectivity index (χ2n) is 3.35. The predicted octanol–water partition coefficient (Wildman–Crippen LogP) is 2.76. The van der Waals surface area contributed by atoms with Crippen LogP contribution in [0.3, 0.4) is 0 Å². The monoisotopic (exact) mass is 207 g/mol. The van der Waals surface area contributed by atoms with Gasteiger partial charge in [-0.05, 0) is 31.0 Å². The molecule has 0 aliphatic carbocycles. The fourth-order valence-electron chi connectivity index (χ4n) is 1.15. The third kappa shape index (κ3) is 3.06. The Morgan fingerprint density at radius 3 is 2.86 bits per heavy atom. The zero-order valence-electron chi connectivity index (χ0n) is 8.47. The summed E-state index contributed by atoms with van der Waals surface area (Å²) in [6, 6.07) is 6.09. The first-order chi connectivity index (χ1) is 6.63. The first-order valence-electron chi connectivity index (χ1n) is 4.58. The van der Waals surface area contributed by atoms with Gasteiger partial charge in [0.25, 0.3) is 0 Å². The molecular weight excluding hydrogens is 194 g/mol. The molecule has 0 amide bonds. The van der Waals surface area contributed by atoms with E-state index in [0.29, 0.717) is 0 Å². The molecule has 0 radical (unpaired) electrons. The molecule has 1 unspecified atom stereocenters. The Morgan fingerprint density at radius 2 is 2.29 bits per heavy atom. The molecule has 0 aliphatic rings. The maximum atomic E-state index is 5.92. The van der Waals surface area contributed by atoms with E-state index in [1.54, 1.807) is 0 Å². The minimum atomic E-state index is 0.103. The van der Waals surface area contributed by atoms with E-state index in [9.17, 15) is 0 Å². The Morgan fingerprint density at radius 1 is 1.57 bits per heavy atom. The number of nitrogens with one attached hydrogen (secondary N) is 1. The molecule has 1 rings (SSSR count). The highest BCUT2D eigenvalue weighted by molar-refractivity contribution is 6.31. The van der Waals surface area contributed by atoms with Crippen molar-refractivity contribution in [3.05, 3.63) is 34.3 Å². The maximum Gasteiger partial charge on any atom is 0.0660 e. The van der Waals surface area contributed by atoms with Gasteiger partial charge in [-0.3, -0.25) is 5.32 Å². The summed E-state index contributed by atoms with van der Waals surface area (Å²) < 4.78 is 0. The zero-order valence-corrected chi connectivity index (χ0v) is 9.23. The second-order valence-corrected chi connectivity index (χ2v) is 3.76. The van der Waals surface area contributed by atoms with Gasteiger partial charge in [-0.25, -0.2) is 0 Å². The number of rotatable bonds is 3. The van der Waals surface area contributed by atoms with E-state index >= 15 is 0 Å². The van der Waals surface area contributed by atoms with E-state index < -0.39 is 0 Å². The quantitative estimate of drug-likeness (QED) is 0.752. The summed E-state index contributed by atoms with van der Waals surface area (Å²) in [6.45, 7) is 4.74. The molecule has 0 aromatic heterocycles. The first kappa shape index (κ1) is 11.1. The van der Waals surface area contributed by atoms with Crippen molar-refractivity contribution in [3.8, 4) is 12.3 Å². The van der Waals surface area contributed by atoms with Crippen LogP contribution >= 0.6 is 11.6 Å². The highest BCUT2D eigenvalue weighted by atomic mass is 35.5. The molecule has 74 valence electrons. The van der Waals surface area contributed by atoms with Gasteiger partial charge < -0.3 is 0 Å². The van der Waals surface area contributed by atoms with E-state index in [1.165, 1.54) is 5.56 Å². The molecule has 0 bridgehead atoms. The average molecular weight is 208 g/mol. The Labute approximate surface area is 90.5 Å². The summed E-state index contributed by atoms with van der Waals surface area (Å²) in [6.07, 6.45) is 5.26. The van der Waals surface area contributed by atoms with Crippen LogP contribution in [0.2, 0.25) is 5.02 Å². The summed E-state index contributed by atoms with van der Waals surface area (Å²) in [7, 11) is 0. The first-order valence-corrected chi connectivity index (χ1v) is 4.96. The molecule has 1 aromatic rings. The number of benzene rings is 1. The predicted molar refractivity (Wildman–Crippen MR) is 61.3 cm³/mol. The van der Waals surface area contributed by atoms with E-state index in [2.05, 4.69) is 17.3 Å². The molecule has 2 heteroatoms. The van der Waals surface area contributed by atoms with Crippen molar-refractivity contribution in [2.45, 2.75) is 26.4 Å². The van der Waals surface area contributed by atoms with Gasteiger partial charge in [0.05, 0.1) is 6.04 Å². The molecule has 1 nitrogen and oxygen atoms in total. The van der Waals surface area contributed by atoms with Crippen LogP contribution in [0.4, 0.5) is 0 Å². The van der Waals surface area contributed by atoms with E-state index in [1.807, 2.05) is 26.0 Å². The SMILES string of the molecule is C#CC(C)NCc1ccc(Cl)c(C)c1. The molecule has 0 fully saturated rings. The number of halogens is 1. The standard InChI is InChI=1S/C12H14ClN/c1-4-10(3)14-8-11-5-6-12(13)9(2)7-11/h1,5-7,10,14H,8H2,2-3H3. The van der Waals surface area contributed by atoms with Gasteiger partial charge in [-0.1, -0.05) is 29.7 Å². The zero-order chi connectivity index (χ0) is 10.6. The fourth-order valence-corrected chi connectivity index (χ4v) is 1.26. The lowest BCUT2D eigenvalue weighted by Gasteiger charge is -2.08. The average Bonchev–Trinajstić information content (AvgIpc) is 2.19. The van der Waals surface area contributed by atoms with Crippen LogP contribution in [0.25, 0.3) is 0 Å². The molecule has 0 heterocycles. The minimum absolute atomic E-state index is 0.103. The summed E-state index contributed by atoms with van der Waals surface area (Å²) in [5, 5.41) is 4.02. The molecule has 0 saturated carbocycles. The molecule has 1 atom stereocenters. The molecule has 1 N–H and O–H groups in total. The third-order valence-electron chi connectivity index (χ3n) is 2.08. The van der Waals surface area contributed by atoms with E-state index in [-0.39, 0.29) is 6.04 Å². The van der Waals surface area contributed by atoms with Gasteiger partial charge in [0.2, 0.25) is 0 Å². The van der Waals surface area contributed by atoms with Crippen molar-refractivity contribution >= 4 is 11.6 Å².